The van der Waals surface area contributed by atoms with Gasteiger partial charge in [0, 0.05) is 34.1 Å². The maximum absolute atomic E-state index is 13.0. The lowest BCUT2D eigenvalue weighted by Gasteiger charge is -2.20. The van der Waals surface area contributed by atoms with Crippen LogP contribution in [0.15, 0.2) is 91.4 Å². The number of aromatic nitrogens is 3. The fourth-order valence-electron chi connectivity index (χ4n) is 4.20. The van der Waals surface area contributed by atoms with Crippen molar-refractivity contribution >= 4 is 51.7 Å². The van der Waals surface area contributed by atoms with E-state index in [4.69, 9.17) is 11.2 Å². The van der Waals surface area contributed by atoms with E-state index in [9.17, 15) is 14.4 Å². The lowest BCUT2D eigenvalue weighted by atomic mass is 10.1. The second kappa shape index (κ2) is 15.1. The number of anilines is 4. The molecule has 0 spiro atoms. The molecule has 3 aromatic carbocycles. The third-order valence-electron chi connectivity index (χ3n) is 6.26. The first-order chi connectivity index (χ1) is 21.6. The molecule has 0 aliphatic carbocycles. The number of fused-ring (bicyclic) bond motifs is 1. The van der Waals surface area contributed by atoms with Gasteiger partial charge in [0.15, 0.2) is 5.75 Å². The summed E-state index contributed by atoms with van der Waals surface area (Å²) in [5.74, 6) is 2.35. The fourth-order valence-corrected chi connectivity index (χ4v) is 4.20. The van der Waals surface area contributed by atoms with Crippen LogP contribution in [0.4, 0.5) is 27.7 Å². The van der Waals surface area contributed by atoms with Crippen LogP contribution in [0.3, 0.4) is 0 Å². The Kier molecular flexibility index (Phi) is 11.3. The van der Waals surface area contributed by atoms with E-state index in [2.05, 4.69) is 42.1 Å². The number of terminal acetylenes is 1. The average molecular weight is 636 g/mol. The van der Waals surface area contributed by atoms with Crippen molar-refractivity contribution in [3.8, 4) is 18.1 Å². The van der Waals surface area contributed by atoms with Crippen LogP contribution in [0.2, 0.25) is 0 Å². The molecule has 2 aromatic heterocycles. The minimum absolute atomic E-state index is 0. The van der Waals surface area contributed by atoms with E-state index in [-0.39, 0.29) is 33.6 Å². The van der Waals surface area contributed by atoms with Crippen LogP contribution in [-0.4, -0.2) is 49.4 Å². The first kappa shape index (κ1) is 35.1. The predicted molar refractivity (Wildman–Crippen MR) is 180 cm³/mol. The van der Waals surface area contributed by atoms with Gasteiger partial charge in [0.1, 0.15) is 17.8 Å². The van der Waals surface area contributed by atoms with E-state index >= 15 is 0 Å². The van der Waals surface area contributed by atoms with Crippen molar-refractivity contribution in [3.63, 3.8) is 0 Å². The number of rotatable bonds is 7. The van der Waals surface area contributed by atoms with E-state index in [1.54, 1.807) is 42.5 Å². The number of hydrogen-bond donors (Lipinski definition) is 4. The van der Waals surface area contributed by atoms with Gasteiger partial charge in [-0.3, -0.25) is 14.6 Å². The molecule has 0 saturated carbocycles. The number of pyridine rings is 1. The molecule has 0 fully saturated rings. The molecule has 8 N–H and O–H groups in total. The molecule has 0 radical (unpaired) electrons. The van der Waals surface area contributed by atoms with Crippen LogP contribution in [0.5, 0.6) is 5.75 Å². The standard InChI is InChI=1S/C34H29N7O4.2H2O/c1-5-21-9-8-10-23(17-21)38-30-25-18-24(14-16-26(25)36-20-37-30)39-31(42)22-13-15-28(35-19-22)32(43)40-27-11-6-7-12-29(27)45-33(44)41-34(2,3)4;;/h1,6-20H,2-4H3,(H,39,42)(H,40,43)(H,41,44)(H,36,37,38);2*1H2. The largest absolute Gasteiger partial charge is 0.413 e. The van der Waals surface area contributed by atoms with E-state index < -0.39 is 23.4 Å². The summed E-state index contributed by atoms with van der Waals surface area (Å²) in [5, 5.41) is 12.2. The van der Waals surface area contributed by atoms with Gasteiger partial charge < -0.3 is 37.0 Å². The van der Waals surface area contributed by atoms with E-state index in [0.29, 0.717) is 22.4 Å². The summed E-state index contributed by atoms with van der Waals surface area (Å²) in [7, 11) is 0. The highest BCUT2D eigenvalue weighted by atomic mass is 16.6. The van der Waals surface area contributed by atoms with Gasteiger partial charge >= 0.3 is 6.09 Å². The van der Waals surface area contributed by atoms with Crippen LogP contribution >= 0.6 is 0 Å². The van der Waals surface area contributed by atoms with Crippen molar-refractivity contribution in [2.75, 3.05) is 16.0 Å². The van der Waals surface area contributed by atoms with Crippen LogP contribution < -0.4 is 26.0 Å². The Balaban J connectivity index is 0.00000300. The fraction of sp³-hybridized carbons (Fsp3) is 0.118. The van der Waals surface area contributed by atoms with Gasteiger partial charge in [0.2, 0.25) is 0 Å². The number of nitrogens with zero attached hydrogens (tertiary/aromatic N) is 3. The molecule has 0 saturated heterocycles. The number of amides is 3. The Morgan fingerprint density at radius 3 is 2.32 bits per heavy atom. The van der Waals surface area contributed by atoms with Gasteiger partial charge in [-0.05, 0) is 81.4 Å². The molecule has 240 valence electrons. The summed E-state index contributed by atoms with van der Waals surface area (Å²) >= 11 is 0. The van der Waals surface area contributed by atoms with Crippen LogP contribution in [-0.2, 0) is 0 Å². The number of ether oxygens (including phenoxy) is 1. The molecule has 5 aromatic rings. The lowest BCUT2D eigenvalue weighted by Crippen LogP contribution is -2.42. The number of carbonyl (C=O) groups is 3. The number of benzene rings is 3. The molecule has 0 bridgehead atoms. The molecule has 0 aliphatic heterocycles. The summed E-state index contributed by atoms with van der Waals surface area (Å²) in [6, 6.07) is 22.1. The lowest BCUT2D eigenvalue weighted by molar-refractivity contribution is 0.101. The van der Waals surface area contributed by atoms with Gasteiger partial charge in [-0.25, -0.2) is 14.8 Å². The van der Waals surface area contributed by atoms with Gasteiger partial charge in [0.25, 0.3) is 11.8 Å². The van der Waals surface area contributed by atoms with E-state index in [1.165, 1.54) is 24.7 Å². The zero-order chi connectivity index (χ0) is 32.0. The van der Waals surface area contributed by atoms with Crippen LogP contribution in [0, 0.1) is 12.3 Å². The number of nitrogens with one attached hydrogen (secondary N) is 4. The van der Waals surface area contributed by atoms with E-state index in [1.807, 2.05) is 45.0 Å². The summed E-state index contributed by atoms with van der Waals surface area (Å²) in [6.45, 7) is 5.47. The zero-order valence-corrected chi connectivity index (χ0v) is 25.7. The topological polar surface area (TPSA) is 210 Å². The minimum Gasteiger partial charge on any atom is -0.412 e. The Bertz CT molecular complexity index is 1950. The molecule has 0 aliphatic rings. The molecule has 13 nitrogen and oxygen atoms in total. The third-order valence-corrected chi connectivity index (χ3v) is 6.26. The Labute approximate surface area is 270 Å². The SMILES string of the molecule is C#Cc1cccc(Nc2ncnc3ccc(NC(=O)c4ccc(C(=O)Nc5ccccc5OC(=O)NC(C)(C)C)nc4)cc23)c1.O.O. The zero-order valence-electron chi connectivity index (χ0n) is 25.7. The average Bonchev–Trinajstić information content (AvgIpc) is 3.01. The van der Waals surface area contributed by atoms with Crippen molar-refractivity contribution < 1.29 is 30.1 Å². The van der Waals surface area contributed by atoms with Gasteiger partial charge in [-0.1, -0.05) is 24.1 Å². The maximum Gasteiger partial charge on any atom is 0.413 e. The predicted octanol–water partition coefficient (Wildman–Crippen LogP) is 4.49. The Hall–Kier alpha value is -6.36. The number of para-hydroxylation sites is 2. The van der Waals surface area contributed by atoms with Crippen LogP contribution in [0.1, 0.15) is 47.2 Å². The summed E-state index contributed by atoms with van der Waals surface area (Å²) in [4.78, 5) is 51.0. The smallest absolute Gasteiger partial charge is 0.412 e. The molecule has 0 atom stereocenters. The molecule has 3 amide bonds. The first-order valence-corrected chi connectivity index (χ1v) is 13.8. The van der Waals surface area contributed by atoms with Crippen molar-refractivity contribution in [2.45, 2.75) is 26.3 Å². The van der Waals surface area contributed by atoms with Crippen molar-refractivity contribution in [3.05, 3.63) is 108 Å². The first-order valence-electron chi connectivity index (χ1n) is 13.8. The highest BCUT2D eigenvalue weighted by Crippen LogP contribution is 2.27. The molecular formula is C34H33N7O6. The van der Waals surface area contributed by atoms with Gasteiger partial charge in [-0.2, -0.15) is 0 Å². The highest BCUT2D eigenvalue weighted by molar-refractivity contribution is 6.07. The van der Waals surface area contributed by atoms with Gasteiger partial charge in [-0.15, -0.1) is 6.42 Å². The molecule has 13 heteroatoms. The maximum atomic E-state index is 13.0. The quantitative estimate of drug-likeness (QED) is 0.187. The second-order valence-electron chi connectivity index (χ2n) is 10.9. The summed E-state index contributed by atoms with van der Waals surface area (Å²) < 4.78 is 5.38. The molecule has 0 unspecified atom stereocenters. The van der Waals surface area contributed by atoms with E-state index in [0.717, 1.165) is 11.3 Å². The van der Waals surface area contributed by atoms with Crippen molar-refractivity contribution in [2.24, 2.45) is 0 Å². The molecule has 5 rings (SSSR count). The third kappa shape index (κ3) is 9.08. The molecule has 47 heavy (non-hydrogen) atoms. The second-order valence-corrected chi connectivity index (χ2v) is 10.9. The monoisotopic (exact) mass is 635 g/mol. The molecule has 2 heterocycles. The van der Waals surface area contributed by atoms with Gasteiger partial charge in [0.05, 0.1) is 16.8 Å². The Morgan fingerprint density at radius 2 is 1.60 bits per heavy atom. The summed E-state index contributed by atoms with van der Waals surface area (Å²) in [5.41, 5.74) is 2.77. The number of hydrogen-bond acceptors (Lipinski definition) is 8. The molecular weight excluding hydrogens is 602 g/mol. The normalized spacial score (nSPS) is 10.3. The summed E-state index contributed by atoms with van der Waals surface area (Å²) in [6.07, 6.45) is 7.62. The van der Waals surface area contributed by atoms with Crippen molar-refractivity contribution in [1.82, 2.24) is 20.3 Å². The van der Waals surface area contributed by atoms with Crippen LogP contribution in [0.25, 0.3) is 10.9 Å². The number of carbonyl (C=O) groups excluding carboxylic acids is 3. The van der Waals surface area contributed by atoms with Crippen molar-refractivity contribution in [1.29, 1.82) is 0 Å². The highest BCUT2D eigenvalue weighted by Gasteiger charge is 2.18. The minimum atomic E-state index is -0.654. The Morgan fingerprint density at radius 1 is 0.809 bits per heavy atom.